The Morgan fingerprint density at radius 1 is 1.10 bits per heavy atom. The highest BCUT2D eigenvalue weighted by molar-refractivity contribution is 6.31. The molecule has 0 saturated carbocycles. The van der Waals surface area contributed by atoms with Gasteiger partial charge in [0, 0.05) is 22.3 Å². The molecule has 6 nitrogen and oxygen atoms in total. The van der Waals surface area contributed by atoms with E-state index in [4.69, 9.17) is 11.6 Å². The maximum absolute atomic E-state index is 13.9. The molecule has 4 aliphatic heterocycles. The largest absolute Gasteiger partial charge is 0.324 e. The molecule has 7 heteroatoms. The molecule has 0 aromatic heterocycles. The number of hydrogen-bond acceptors (Lipinski definition) is 4. The Hall–Kier alpha value is -2.70. The van der Waals surface area contributed by atoms with Gasteiger partial charge < -0.3 is 5.32 Å². The summed E-state index contributed by atoms with van der Waals surface area (Å²) < 4.78 is 0. The third kappa shape index (κ3) is 2.19. The molecule has 3 saturated heterocycles. The Morgan fingerprint density at radius 3 is 2.68 bits per heavy atom. The third-order valence-electron chi connectivity index (χ3n) is 7.52. The molecule has 4 atom stereocenters. The summed E-state index contributed by atoms with van der Waals surface area (Å²) in [6.07, 6.45) is 1.69. The van der Waals surface area contributed by atoms with Crippen LogP contribution < -0.4 is 10.2 Å². The Labute approximate surface area is 185 Å². The van der Waals surface area contributed by atoms with Crippen LogP contribution in [0.5, 0.6) is 0 Å². The summed E-state index contributed by atoms with van der Waals surface area (Å²) in [4.78, 5) is 44.7. The van der Waals surface area contributed by atoms with Crippen LogP contribution >= 0.6 is 11.6 Å². The third-order valence-corrected chi connectivity index (χ3v) is 7.74. The summed E-state index contributed by atoms with van der Waals surface area (Å²) in [5, 5.41) is 3.56. The second-order valence-corrected chi connectivity index (χ2v) is 9.56. The van der Waals surface area contributed by atoms with Crippen LogP contribution in [-0.2, 0) is 19.9 Å². The van der Waals surface area contributed by atoms with Gasteiger partial charge in [0.2, 0.25) is 17.7 Å². The number of fused-ring (bicyclic) bond motifs is 7. The molecule has 0 radical (unpaired) electrons. The van der Waals surface area contributed by atoms with Gasteiger partial charge in [-0.15, -0.1) is 0 Å². The first-order valence-electron chi connectivity index (χ1n) is 10.7. The van der Waals surface area contributed by atoms with Crippen LogP contribution in [0, 0.1) is 25.7 Å². The molecule has 31 heavy (non-hydrogen) atoms. The van der Waals surface area contributed by atoms with Gasteiger partial charge in [0.1, 0.15) is 5.54 Å². The van der Waals surface area contributed by atoms with E-state index in [0.717, 1.165) is 35.2 Å². The van der Waals surface area contributed by atoms with E-state index in [1.165, 1.54) is 4.90 Å². The van der Waals surface area contributed by atoms with Gasteiger partial charge in [0.15, 0.2) is 0 Å². The SMILES string of the molecule is Cc1cccc(N2C(=O)C3C4CCCN4C4(C(=O)Nc5c(C)cc(Cl)cc54)C3C2=O)c1. The normalized spacial score (nSPS) is 31.4. The number of aryl methyl sites for hydroxylation is 2. The van der Waals surface area contributed by atoms with Crippen molar-refractivity contribution in [3.8, 4) is 0 Å². The van der Waals surface area contributed by atoms with E-state index in [1.54, 1.807) is 12.1 Å². The van der Waals surface area contributed by atoms with Crippen LogP contribution in [0.4, 0.5) is 11.4 Å². The van der Waals surface area contributed by atoms with Crippen molar-refractivity contribution in [1.29, 1.82) is 0 Å². The van der Waals surface area contributed by atoms with E-state index in [9.17, 15) is 14.4 Å². The minimum absolute atomic E-state index is 0.132. The van der Waals surface area contributed by atoms with Crippen LogP contribution in [0.15, 0.2) is 36.4 Å². The second-order valence-electron chi connectivity index (χ2n) is 9.12. The fourth-order valence-corrected chi connectivity index (χ4v) is 6.73. The molecule has 0 bridgehead atoms. The van der Waals surface area contributed by atoms with Gasteiger partial charge in [-0.05, 0) is 68.6 Å². The van der Waals surface area contributed by atoms with E-state index >= 15 is 0 Å². The van der Waals surface area contributed by atoms with Gasteiger partial charge in [-0.2, -0.15) is 0 Å². The average molecular weight is 436 g/mol. The molecular formula is C24H22ClN3O3. The average Bonchev–Trinajstić information content (AvgIpc) is 3.41. The number of carbonyl (C=O) groups excluding carboxylic acids is 3. The van der Waals surface area contributed by atoms with Gasteiger partial charge in [-0.3, -0.25) is 19.3 Å². The molecule has 4 heterocycles. The fraction of sp³-hybridized carbons (Fsp3) is 0.375. The predicted molar refractivity (Wildman–Crippen MR) is 117 cm³/mol. The smallest absolute Gasteiger partial charge is 0.250 e. The van der Waals surface area contributed by atoms with Crippen molar-refractivity contribution in [2.45, 2.75) is 38.3 Å². The molecule has 3 fully saturated rings. The van der Waals surface area contributed by atoms with E-state index < -0.39 is 17.4 Å². The number of halogens is 1. The Balaban J connectivity index is 1.58. The Bertz CT molecular complexity index is 1190. The van der Waals surface area contributed by atoms with Crippen molar-refractivity contribution in [2.75, 3.05) is 16.8 Å². The molecule has 3 amide bonds. The molecular weight excluding hydrogens is 414 g/mol. The molecule has 4 unspecified atom stereocenters. The minimum atomic E-state index is -1.19. The van der Waals surface area contributed by atoms with E-state index in [-0.39, 0.29) is 23.8 Å². The first-order valence-corrected chi connectivity index (χ1v) is 11.1. The summed E-state index contributed by atoms with van der Waals surface area (Å²) in [5.41, 5.74) is 2.66. The lowest BCUT2D eigenvalue weighted by atomic mass is 9.75. The lowest BCUT2D eigenvalue weighted by Crippen LogP contribution is -2.54. The quantitative estimate of drug-likeness (QED) is 0.697. The van der Waals surface area contributed by atoms with Crippen molar-refractivity contribution in [3.05, 3.63) is 58.1 Å². The number of hydrogen-bond donors (Lipinski definition) is 1. The standard InChI is InChI=1S/C24H22ClN3O3/c1-12-5-3-6-15(9-12)28-21(29)18-17-7-4-8-27(17)24(19(18)22(28)30)16-11-14(25)10-13(2)20(16)26-23(24)31/h3,5-6,9-11,17-19H,4,7-8H2,1-2H3,(H,26,31). The Morgan fingerprint density at radius 2 is 1.90 bits per heavy atom. The number of nitrogens with one attached hydrogen (secondary N) is 1. The molecule has 0 aliphatic carbocycles. The van der Waals surface area contributed by atoms with Crippen LogP contribution in [0.2, 0.25) is 5.02 Å². The molecule has 4 aliphatic rings. The molecule has 1 spiro atoms. The van der Waals surface area contributed by atoms with Crippen molar-refractivity contribution in [3.63, 3.8) is 0 Å². The zero-order valence-electron chi connectivity index (χ0n) is 17.3. The molecule has 2 aromatic carbocycles. The monoisotopic (exact) mass is 435 g/mol. The highest BCUT2D eigenvalue weighted by Crippen LogP contribution is 2.61. The van der Waals surface area contributed by atoms with Crippen molar-refractivity contribution < 1.29 is 14.4 Å². The van der Waals surface area contributed by atoms with Crippen molar-refractivity contribution in [1.82, 2.24) is 4.90 Å². The summed E-state index contributed by atoms with van der Waals surface area (Å²) in [6, 6.07) is 10.9. The van der Waals surface area contributed by atoms with Gasteiger partial charge in [0.05, 0.1) is 17.5 Å². The van der Waals surface area contributed by atoms with E-state index in [0.29, 0.717) is 17.3 Å². The number of benzene rings is 2. The van der Waals surface area contributed by atoms with Crippen LogP contribution in [0.1, 0.15) is 29.5 Å². The summed E-state index contributed by atoms with van der Waals surface area (Å²) in [6.45, 7) is 4.51. The highest BCUT2D eigenvalue weighted by Gasteiger charge is 2.74. The van der Waals surface area contributed by atoms with Crippen LogP contribution in [0.3, 0.4) is 0 Å². The van der Waals surface area contributed by atoms with Crippen LogP contribution in [0.25, 0.3) is 0 Å². The maximum atomic E-state index is 13.9. The fourth-order valence-electron chi connectivity index (χ4n) is 6.46. The summed E-state index contributed by atoms with van der Waals surface area (Å²) in [5.74, 6) is -2.01. The van der Waals surface area contributed by atoms with Crippen molar-refractivity contribution >= 4 is 40.7 Å². The highest BCUT2D eigenvalue weighted by atomic mass is 35.5. The van der Waals surface area contributed by atoms with Gasteiger partial charge in [-0.25, -0.2) is 4.90 Å². The molecule has 158 valence electrons. The molecule has 1 N–H and O–H groups in total. The number of nitrogens with zero attached hydrogens (tertiary/aromatic N) is 2. The molecule has 6 rings (SSSR count). The number of anilines is 2. The van der Waals surface area contributed by atoms with Gasteiger partial charge in [0.25, 0.3) is 0 Å². The zero-order valence-corrected chi connectivity index (χ0v) is 18.1. The number of rotatable bonds is 1. The lowest BCUT2D eigenvalue weighted by Gasteiger charge is -2.36. The zero-order chi connectivity index (χ0) is 21.7. The maximum Gasteiger partial charge on any atom is 0.250 e. The topological polar surface area (TPSA) is 69.7 Å². The summed E-state index contributed by atoms with van der Waals surface area (Å²) >= 11 is 6.41. The van der Waals surface area contributed by atoms with E-state index in [1.807, 2.05) is 38.1 Å². The van der Waals surface area contributed by atoms with Gasteiger partial charge >= 0.3 is 0 Å². The minimum Gasteiger partial charge on any atom is -0.324 e. The Kier molecular flexibility index (Phi) is 3.79. The number of imide groups is 1. The summed E-state index contributed by atoms with van der Waals surface area (Å²) in [7, 11) is 0. The van der Waals surface area contributed by atoms with Gasteiger partial charge in [-0.1, -0.05) is 23.7 Å². The second kappa shape index (κ2) is 6.17. The molecule has 2 aromatic rings. The van der Waals surface area contributed by atoms with Crippen molar-refractivity contribution in [2.24, 2.45) is 11.8 Å². The first kappa shape index (κ1) is 19.0. The van der Waals surface area contributed by atoms with E-state index in [2.05, 4.69) is 10.2 Å². The lowest BCUT2D eigenvalue weighted by molar-refractivity contribution is -0.135. The predicted octanol–water partition coefficient (Wildman–Crippen LogP) is 3.39. The first-order chi connectivity index (χ1) is 14.9. The number of carbonyl (C=O) groups is 3. The van der Waals surface area contributed by atoms with Crippen LogP contribution in [-0.4, -0.2) is 35.2 Å². The number of amides is 3.